The predicted octanol–water partition coefficient (Wildman–Crippen LogP) is 3.24. The molecule has 0 spiro atoms. The molecule has 2 N–H and O–H groups in total. The van der Waals surface area contributed by atoms with E-state index in [2.05, 4.69) is 25.4 Å². The van der Waals surface area contributed by atoms with Gasteiger partial charge in [0.2, 0.25) is 0 Å². The molecule has 1 aromatic carbocycles. The van der Waals surface area contributed by atoms with Crippen LogP contribution in [0.25, 0.3) is 21.7 Å². The lowest BCUT2D eigenvalue weighted by molar-refractivity contribution is 0.188. The van der Waals surface area contributed by atoms with Crippen molar-refractivity contribution in [2.45, 2.75) is 31.8 Å². The van der Waals surface area contributed by atoms with Crippen LogP contribution in [0.5, 0.6) is 5.75 Å². The van der Waals surface area contributed by atoms with Gasteiger partial charge in [-0.2, -0.15) is 0 Å². The Hall–Kier alpha value is -2.55. The van der Waals surface area contributed by atoms with Crippen LogP contribution in [0.3, 0.4) is 0 Å². The van der Waals surface area contributed by atoms with Gasteiger partial charge in [0.25, 0.3) is 0 Å². The molecule has 2 aliphatic heterocycles. The Morgan fingerprint density at radius 1 is 1.17 bits per heavy atom. The molecule has 156 valence electrons. The van der Waals surface area contributed by atoms with Gasteiger partial charge in [-0.25, -0.2) is 4.98 Å². The molecule has 0 aliphatic carbocycles. The van der Waals surface area contributed by atoms with Crippen LogP contribution >= 0.6 is 11.3 Å². The van der Waals surface area contributed by atoms with Gasteiger partial charge in [-0.1, -0.05) is 6.07 Å². The largest absolute Gasteiger partial charge is 0.507 e. The number of thiazole rings is 1. The molecule has 4 heterocycles. The fourth-order valence-electron chi connectivity index (χ4n) is 4.14. The fraction of sp³-hybridized carbons (Fsp3) is 0.409. The number of nitrogens with zero attached hydrogens (tertiary/aromatic N) is 4. The first-order valence-corrected chi connectivity index (χ1v) is 11.2. The zero-order valence-electron chi connectivity index (χ0n) is 16.9. The van der Waals surface area contributed by atoms with Crippen LogP contribution in [-0.2, 0) is 4.74 Å². The molecule has 5 rings (SSSR count). The molecule has 0 saturated carbocycles. The Labute approximate surface area is 179 Å². The summed E-state index contributed by atoms with van der Waals surface area (Å²) >= 11 is 1.61. The standard InChI is InChI=1S/C22H25N5O2S/c1-14-23-11-21(30-14)15-2-3-18(20(28)10-15)19-4-5-22(26-25-19)27-8-6-16(12-27)24-17-7-9-29-13-17/h2-5,10-11,16-17,24,28H,6-9,12-13H2,1H3/t16-,17-/m0/s1. The highest BCUT2D eigenvalue weighted by atomic mass is 32.1. The van der Waals surface area contributed by atoms with E-state index in [9.17, 15) is 5.11 Å². The molecule has 2 aliphatic rings. The van der Waals surface area contributed by atoms with E-state index in [-0.39, 0.29) is 5.75 Å². The maximum atomic E-state index is 10.6. The minimum Gasteiger partial charge on any atom is -0.507 e. The lowest BCUT2D eigenvalue weighted by Gasteiger charge is -2.19. The second-order valence-electron chi connectivity index (χ2n) is 7.91. The Balaban J connectivity index is 1.27. The maximum Gasteiger partial charge on any atom is 0.151 e. The number of phenolic OH excluding ortho intramolecular Hbond substituents is 1. The number of hydrogen-bond acceptors (Lipinski definition) is 8. The van der Waals surface area contributed by atoms with Crippen LogP contribution in [0.1, 0.15) is 17.8 Å². The first-order valence-electron chi connectivity index (χ1n) is 10.3. The Kier molecular flexibility index (Phi) is 5.37. The van der Waals surface area contributed by atoms with Crippen LogP contribution in [0.4, 0.5) is 5.82 Å². The number of hydrogen-bond donors (Lipinski definition) is 2. The van der Waals surface area contributed by atoms with Gasteiger partial charge in [0.1, 0.15) is 5.75 Å². The van der Waals surface area contributed by atoms with E-state index in [1.807, 2.05) is 37.4 Å². The number of ether oxygens (including phenoxy) is 1. The second-order valence-corrected chi connectivity index (χ2v) is 9.15. The molecule has 0 unspecified atom stereocenters. The normalized spacial score (nSPS) is 21.4. The molecular weight excluding hydrogens is 398 g/mol. The third-order valence-corrected chi connectivity index (χ3v) is 6.71. The summed E-state index contributed by atoms with van der Waals surface area (Å²) in [6.07, 6.45) is 4.02. The average Bonchev–Trinajstić information content (AvgIpc) is 3.51. The summed E-state index contributed by atoms with van der Waals surface area (Å²) in [6, 6.07) is 10.5. The van der Waals surface area contributed by atoms with Crippen LogP contribution in [-0.4, -0.2) is 58.7 Å². The Bertz CT molecular complexity index is 1020. The van der Waals surface area contributed by atoms with Gasteiger partial charge in [-0.05, 0) is 49.6 Å². The van der Waals surface area contributed by atoms with Crippen LogP contribution in [0.15, 0.2) is 36.5 Å². The van der Waals surface area contributed by atoms with Gasteiger partial charge < -0.3 is 20.1 Å². The number of aryl methyl sites for hydroxylation is 1. The van der Waals surface area contributed by atoms with Gasteiger partial charge in [-0.15, -0.1) is 21.5 Å². The van der Waals surface area contributed by atoms with Gasteiger partial charge in [0, 0.05) is 43.5 Å². The van der Waals surface area contributed by atoms with Crippen LogP contribution in [0.2, 0.25) is 0 Å². The maximum absolute atomic E-state index is 10.6. The van der Waals surface area contributed by atoms with Crippen molar-refractivity contribution in [2.75, 3.05) is 31.2 Å². The third kappa shape index (κ3) is 4.03. The number of phenols is 1. The molecule has 30 heavy (non-hydrogen) atoms. The minimum atomic E-state index is 0.199. The number of anilines is 1. The molecular formula is C22H25N5O2S. The van der Waals surface area contributed by atoms with Gasteiger partial charge in [0.05, 0.1) is 22.2 Å². The van der Waals surface area contributed by atoms with E-state index in [1.165, 1.54) is 0 Å². The molecule has 2 fully saturated rings. The van der Waals surface area contributed by atoms with E-state index < -0.39 is 0 Å². The SMILES string of the molecule is Cc1ncc(-c2ccc(-c3ccc(N4CC[C@H](N[C@H]5CCOC5)C4)nn3)c(O)c2)s1. The topological polar surface area (TPSA) is 83.4 Å². The first kappa shape index (κ1) is 19.4. The van der Waals surface area contributed by atoms with E-state index in [0.717, 1.165) is 60.4 Å². The molecule has 0 bridgehead atoms. The predicted molar refractivity (Wildman–Crippen MR) is 118 cm³/mol. The summed E-state index contributed by atoms with van der Waals surface area (Å²) in [4.78, 5) is 7.59. The lowest BCUT2D eigenvalue weighted by Crippen LogP contribution is -2.40. The number of nitrogens with one attached hydrogen (secondary N) is 1. The summed E-state index contributed by atoms with van der Waals surface area (Å²) in [5, 5.41) is 24.1. The summed E-state index contributed by atoms with van der Waals surface area (Å²) in [5.74, 6) is 1.08. The number of aromatic hydroxyl groups is 1. The molecule has 2 aromatic heterocycles. The second kappa shape index (κ2) is 8.29. The first-order chi connectivity index (χ1) is 14.7. The van der Waals surface area contributed by atoms with Crippen molar-refractivity contribution in [3.63, 3.8) is 0 Å². The molecule has 8 heteroatoms. The van der Waals surface area contributed by atoms with Gasteiger partial charge in [-0.3, -0.25) is 0 Å². The molecule has 7 nitrogen and oxygen atoms in total. The van der Waals surface area contributed by atoms with Gasteiger partial charge in [0.15, 0.2) is 5.82 Å². The lowest BCUT2D eigenvalue weighted by atomic mass is 10.1. The summed E-state index contributed by atoms with van der Waals surface area (Å²) in [6.45, 7) is 5.54. The smallest absolute Gasteiger partial charge is 0.151 e. The summed E-state index contributed by atoms with van der Waals surface area (Å²) in [7, 11) is 0. The van der Waals surface area contributed by atoms with Crippen molar-refractivity contribution < 1.29 is 9.84 Å². The molecule has 3 aromatic rings. The van der Waals surface area contributed by atoms with Crippen LogP contribution < -0.4 is 10.2 Å². The van der Waals surface area contributed by atoms with Crippen molar-refractivity contribution in [1.82, 2.24) is 20.5 Å². The fourth-order valence-corrected chi connectivity index (χ4v) is 4.91. The minimum absolute atomic E-state index is 0.199. The highest BCUT2D eigenvalue weighted by Crippen LogP contribution is 2.34. The van der Waals surface area contributed by atoms with E-state index in [1.54, 1.807) is 17.4 Å². The zero-order chi connectivity index (χ0) is 20.5. The van der Waals surface area contributed by atoms with Crippen LogP contribution in [0, 0.1) is 6.92 Å². The quantitative estimate of drug-likeness (QED) is 0.652. The number of aromatic nitrogens is 3. The molecule has 0 amide bonds. The summed E-state index contributed by atoms with van der Waals surface area (Å²) in [5.41, 5.74) is 2.30. The zero-order valence-corrected chi connectivity index (χ0v) is 17.7. The summed E-state index contributed by atoms with van der Waals surface area (Å²) < 4.78 is 5.46. The van der Waals surface area contributed by atoms with Gasteiger partial charge >= 0.3 is 0 Å². The molecule has 2 atom stereocenters. The highest BCUT2D eigenvalue weighted by molar-refractivity contribution is 7.15. The van der Waals surface area contributed by atoms with E-state index in [4.69, 9.17) is 4.74 Å². The molecule has 2 saturated heterocycles. The Morgan fingerprint density at radius 3 is 2.80 bits per heavy atom. The molecule has 0 radical (unpaired) electrons. The van der Waals surface area contributed by atoms with Crippen molar-refractivity contribution in [3.8, 4) is 27.4 Å². The van der Waals surface area contributed by atoms with Crippen molar-refractivity contribution in [3.05, 3.63) is 41.5 Å². The van der Waals surface area contributed by atoms with E-state index in [0.29, 0.717) is 23.3 Å². The van der Waals surface area contributed by atoms with Crippen molar-refractivity contribution in [2.24, 2.45) is 0 Å². The van der Waals surface area contributed by atoms with E-state index >= 15 is 0 Å². The van der Waals surface area contributed by atoms with Crippen molar-refractivity contribution in [1.29, 1.82) is 0 Å². The highest BCUT2D eigenvalue weighted by Gasteiger charge is 2.27. The third-order valence-electron chi connectivity index (χ3n) is 5.74. The monoisotopic (exact) mass is 423 g/mol. The Morgan fingerprint density at radius 2 is 2.10 bits per heavy atom. The number of benzene rings is 1. The average molecular weight is 424 g/mol. The van der Waals surface area contributed by atoms with Crippen molar-refractivity contribution >= 4 is 17.2 Å². The number of rotatable bonds is 5.